The molecule has 0 radical (unpaired) electrons. The topological polar surface area (TPSA) is 156 Å². The van der Waals surface area contributed by atoms with Crippen molar-refractivity contribution >= 4 is 45.6 Å². The monoisotopic (exact) mass is 398 g/mol. The van der Waals surface area contributed by atoms with Crippen LogP contribution in [0.2, 0.25) is 0 Å². The first-order chi connectivity index (χ1) is 13.4. The quantitative estimate of drug-likeness (QED) is 0.430. The second-order valence-electron chi connectivity index (χ2n) is 5.83. The van der Waals surface area contributed by atoms with Gasteiger partial charge < -0.3 is 27.1 Å². The number of hydrogen-bond acceptors (Lipinski definition) is 6. The molecule has 0 aliphatic carbocycles. The molecule has 28 heavy (non-hydrogen) atoms. The molecule has 7 N–H and O–H groups in total. The van der Waals surface area contributed by atoms with Crippen LogP contribution in [0, 0.1) is 0 Å². The van der Waals surface area contributed by atoms with Gasteiger partial charge in [0.15, 0.2) is 5.13 Å². The fraction of sp³-hybridized carbons (Fsp3) is 0.111. The third kappa shape index (κ3) is 4.18. The molecule has 2 aromatic heterocycles. The van der Waals surface area contributed by atoms with E-state index in [9.17, 15) is 14.4 Å². The summed E-state index contributed by atoms with van der Waals surface area (Å²) in [6, 6.07) is 8.03. The van der Waals surface area contributed by atoms with E-state index in [2.05, 4.69) is 20.6 Å². The molecule has 0 fully saturated rings. The van der Waals surface area contributed by atoms with E-state index in [0.717, 1.165) is 4.88 Å². The maximum Gasteiger partial charge on any atom is 0.275 e. The van der Waals surface area contributed by atoms with Crippen LogP contribution in [0.15, 0.2) is 36.5 Å². The Morgan fingerprint density at radius 3 is 2.43 bits per heavy atom. The smallest absolute Gasteiger partial charge is 0.275 e. The van der Waals surface area contributed by atoms with Crippen LogP contribution in [0.1, 0.15) is 43.1 Å². The Hall–Kier alpha value is -3.66. The highest BCUT2D eigenvalue weighted by atomic mass is 32.1. The maximum absolute atomic E-state index is 12.5. The molecule has 10 heteroatoms. The molecule has 0 bridgehead atoms. The van der Waals surface area contributed by atoms with Crippen molar-refractivity contribution in [2.45, 2.75) is 13.3 Å². The Morgan fingerprint density at radius 1 is 1.14 bits per heavy atom. The lowest BCUT2D eigenvalue weighted by molar-refractivity contribution is 0.0993. The SMILES string of the molecule is CCc1sc(N)nc1C(=O)Nc1cccc(NC(=O)c2c[nH]c(C(N)=O)c2)c1. The van der Waals surface area contributed by atoms with Gasteiger partial charge in [-0.25, -0.2) is 4.98 Å². The summed E-state index contributed by atoms with van der Waals surface area (Å²) < 4.78 is 0. The second kappa shape index (κ2) is 7.92. The number of carbonyl (C=O) groups is 3. The van der Waals surface area contributed by atoms with E-state index in [0.29, 0.717) is 28.6 Å². The number of amides is 3. The standard InChI is InChI=1S/C18H18N6O3S/c1-2-13-14(24-18(20)28-13)17(27)23-11-5-3-4-10(7-11)22-16(26)9-6-12(15(19)25)21-8-9/h3-8,21H,2H2,1H3,(H2,19,25)(H2,20,24)(H,22,26)(H,23,27). The van der Waals surface area contributed by atoms with Crippen LogP contribution < -0.4 is 22.1 Å². The maximum atomic E-state index is 12.5. The number of rotatable bonds is 6. The first-order valence-corrected chi connectivity index (χ1v) is 9.15. The van der Waals surface area contributed by atoms with Crippen molar-refractivity contribution in [3.05, 3.63) is 58.4 Å². The number of aromatic amines is 1. The molecule has 0 unspecified atom stereocenters. The van der Waals surface area contributed by atoms with E-state index in [1.807, 2.05) is 6.92 Å². The fourth-order valence-electron chi connectivity index (χ4n) is 2.52. The molecule has 3 aromatic rings. The molecule has 0 saturated carbocycles. The Labute approximate surface area is 164 Å². The van der Waals surface area contributed by atoms with Crippen molar-refractivity contribution in [3.8, 4) is 0 Å². The second-order valence-corrected chi connectivity index (χ2v) is 6.95. The minimum Gasteiger partial charge on any atom is -0.375 e. The number of primary amides is 1. The zero-order valence-corrected chi connectivity index (χ0v) is 15.7. The number of carbonyl (C=O) groups excluding carboxylic acids is 3. The van der Waals surface area contributed by atoms with Crippen LogP contribution in [0.25, 0.3) is 0 Å². The van der Waals surface area contributed by atoms with Gasteiger partial charge in [-0.2, -0.15) is 0 Å². The Bertz CT molecular complexity index is 1060. The zero-order valence-electron chi connectivity index (χ0n) is 14.9. The number of aryl methyl sites for hydroxylation is 1. The average molecular weight is 398 g/mol. The van der Waals surface area contributed by atoms with Crippen molar-refractivity contribution in [2.75, 3.05) is 16.4 Å². The molecule has 3 rings (SSSR count). The number of nitrogens with two attached hydrogens (primary N) is 2. The molecular weight excluding hydrogens is 380 g/mol. The highest BCUT2D eigenvalue weighted by Gasteiger charge is 2.17. The number of hydrogen-bond donors (Lipinski definition) is 5. The normalized spacial score (nSPS) is 10.5. The molecule has 0 aliphatic rings. The summed E-state index contributed by atoms with van der Waals surface area (Å²) in [4.78, 5) is 43.4. The molecule has 144 valence electrons. The summed E-state index contributed by atoms with van der Waals surface area (Å²) >= 11 is 1.28. The van der Waals surface area contributed by atoms with Gasteiger partial charge in [-0.1, -0.05) is 13.0 Å². The van der Waals surface area contributed by atoms with Gasteiger partial charge in [-0.05, 0) is 30.7 Å². The largest absolute Gasteiger partial charge is 0.375 e. The van der Waals surface area contributed by atoms with E-state index in [1.165, 1.54) is 23.6 Å². The fourth-order valence-corrected chi connectivity index (χ4v) is 3.29. The molecule has 0 aliphatic heterocycles. The van der Waals surface area contributed by atoms with Gasteiger partial charge in [-0.3, -0.25) is 14.4 Å². The lowest BCUT2D eigenvalue weighted by Gasteiger charge is -2.08. The summed E-state index contributed by atoms with van der Waals surface area (Å²) in [6.45, 7) is 1.92. The number of aromatic nitrogens is 2. The first kappa shape index (κ1) is 19.1. The van der Waals surface area contributed by atoms with Crippen molar-refractivity contribution in [1.29, 1.82) is 0 Å². The number of H-pyrrole nitrogens is 1. The summed E-state index contributed by atoms with van der Waals surface area (Å²) in [5.41, 5.74) is 12.5. The summed E-state index contributed by atoms with van der Waals surface area (Å²) in [7, 11) is 0. The highest BCUT2D eigenvalue weighted by Crippen LogP contribution is 2.23. The molecule has 9 nitrogen and oxygen atoms in total. The van der Waals surface area contributed by atoms with Crippen LogP contribution in [0.4, 0.5) is 16.5 Å². The number of nitrogens with one attached hydrogen (secondary N) is 3. The number of nitrogens with zero attached hydrogens (tertiary/aromatic N) is 1. The van der Waals surface area contributed by atoms with Gasteiger partial charge in [0.25, 0.3) is 17.7 Å². The summed E-state index contributed by atoms with van der Waals surface area (Å²) in [5.74, 6) is -1.45. The van der Waals surface area contributed by atoms with Gasteiger partial charge in [0, 0.05) is 22.4 Å². The zero-order chi connectivity index (χ0) is 20.3. The van der Waals surface area contributed by atoms with Crippen LogP contribution in [-0.4, -0.2) is 27.7 Å². The van der Waals surface area contributed by atoms with Crippen molar-refractivity contribution < 1.29 is 14.4 Å². The Balaban J connectivity index is 1.72. The van der Waals surface area contributed by atoms with Gasteiger partial charge in [0.05, 0.1) is 5.56 Å². The average Bonchev–Trinajstić information content (AvgIpc) is 3.28. The number of thiazole rings is 1. The highest BCUT2D eigenvalue weighted by molar-refractivity contribution is 7.15. The minimum atomic E-state index is -0.655. The predicted octanol–water partition coefficient (Wildman–Crippen LogP) is 2.22. The molecule has 1 aromatic carbocycles. The number of benzene rings is 1. The van der Waals surface area contributed by atoms with E-state index in [-0.39, 0.29) is 17.2 Å². The van der Waals surface area contributed by atoms with Crippen molar-refractivity contribution in [1.82, 2.24) is 9.97 Å². The van der Waals surface area contributed by atoms with Crippen LogP contribution in [0.5, 0.6) is 0 Å². The third-order valence-corrected chi connectivity index (χ3v) is 4.87. The summed E-state index contributed by atoms with van der Waals surface area (Å²) in [6.07, 6.45) is 2.04. The molecule has 0 saturated heterocycles. The van der Waals surface area contributed by atoms with Crippen LogP contribution >= 0.6 is 11.3 Å². The summed E-state index contributed by atoms with van der Waals surface area (Å²) in [5, 5.41) is 5.78. The molecule has 0 spiro atoms. The van der Waals surface area contributed by atoms with Crippen molar-refractivity contribution in [2.24, 2.45) is 5.73 Å². The van der Waals surface area contributed by atoms with E-state index >= 15 is 0 Å². The lowest BCUT2D eigenvalue weighted by Crippen LogP contribution is -2.15. The molecule has 3 amide bonds. The molecule has 0 atom stereocenters. The minimum absolute atomic E-state index is 0.139. The van der Waals surface area contributed by atoms with E-state index in [4.69, 9.17) is 11.5 Å². The van der Waals surface area contributed by atoms with Gasteiger partial charge in [-0.15, -0.1) is 11.3 Å². The Morgan fingerprint density at radius 2 is 1.82 bits per heavy atom. The van der Waals surface area contributed by atoms with Crippen LogP contribution in [0.3, 0.4) is 0 Å². The third-order valence-electron chi connectivity index (χ3n) is 3.84. The van der Waals surface area contributed by atoms with Gasteiger partial charge in [0.1, 0.15) is 11.4 Å². The van der Waals surface area contributed by atoms with E-state index in [1.54, 1.807) is 24.3 Å². The molecule has 2 heterocycles. The van der Waals surface area contributed by atoms with Crippen LogP contribution in [-0.2, 0) is 6.42 Å². The number of nitrogen functional groups attached to an aromatic ring is 1. The van der Waals surface area contributed by atoms with E-state index < -0.39 is 11.8 Å². The Kier molecular flexibility index (Phi) is 5.41. The van der Waals surface area contributed by atoms with Gasteiger partial charge >= 0.3 is 0 Å². The number of anilines is 3. The van der Waals surface area contributed by atoms with Crippen molar-refractivity contribution in [3.63, 3.8) is 0 Å². The van der Waals surface area contributed by atoms with Gasteiger partial charge in [0.2, 0.25) is 0 Å². The predicted molar refractivity (Wildman–Crippen MR) is 108 cm³/mol. The molecular formula is C18H18N6O3S. The lowest BCUT2D eigenvalue weighted by atomic mass is 10.2. The first-order valence-electron chi connectivity index (χ1n) is 8.33.